The standard InChI is InChI=1S/C22H21N5O/c1-2-6-17(7-3-1)22-25-20(14-18-15-23-12-13-28-18)27(26-22)19-10-4-8-16-9-5-11-24-21(16)19/h1-11,18,23H,12-15H2/t18-/m0/s1. The lowest BCUT2D eigenvalue weighted by Crippen LogP contribution is -2.40. The summed E-state index contributed by atoms with van der Waals surface area (Å²) in [5, 5.41) is 9.33. The molecule has 2 aromatic heterocycles. The first-order valence-electron chi connectivity index (χ1n) is 9.56. The number of para-hydroxylation sites is 1. The number of aromatic nitrogens is 4. The second-order valence-electron chi connectivity index (χ2n) is 6.88. The van der Waals surface area contributed by atoms with Gasteiger partial charge in [0.05, 0.1) is 23.9 Å². The molecule has 0 saturated carbocycles. The predicted molar refractivity (Wildman–Crippen MR) is 108 cm³/mol. The molecular formula is C22H21N5O. The van der Waals surface area contributed by atoms with Crippen LogP contribution in [0.1, 0.15) is 5.82 Å². The predicted octanol–water partition coefficient (Wildman–Crippen LogP) is 3.01. The first kappa shape index (κ1) is 17.0. The third kappa shape index (κ3) is 3.28. The van der Waals surface area contributed by atoms with Gasteiger partial charge in [0.2, 0.25) is 0 Å². The molecule has 1 aliphatic rings. The van der Waals surface area contributed by atoms with Gasteiger partial charge in [-0.05, 0) is 12.1 Å². The number of fused-ring (bicyclic) bond motifs is 1. The Morgan fingerprint density at radius 1 is 1.04 bits per heavy atom. The molecule has 1 saturated heterocycles. The van der Waals surface area contributed by atoms with Gasteiger partial charge in [0.15, 0.2) is 5.82 Å². The highest BCUT2D eigenvalue weighted by molar-refractivity contribution is 5.86. The fourth-order valence-corrected chi connectivity index (χ4v) is 3.59. The number of hydrogen-bond donors (Lipinski definition) is 1. The Morgan fingerprint density at radius 2 is 1.93 bits per heavy atom. The molecule has 0 unspecified atom stereocenters. The highest BCUT2D eigenvalue weighted by Crippen LogP contribution is 2.24. The van der Waals surface area contributed by atoms with Crippen LogP contribution >= 0.6 is 0 Å². The van der Waals surface area contributed by atoms with Crippen LogP contribution in [0.25, 0.3) is 28.0 Å². The second kappa shape index (κ2) is 7.50. The molecule has 28 heavy (non-hydrogen) atoms. The number of ether oxygens (including phenoxy) is 1. The van der Waals surface area contributed by atoms with Crippen LogP contribution in [0.3, 0.4) is 0 Å². The average molecular weight is 371 g/mol. The summed E-state index contributed by atoms with van der Waals surface area (Å²) in [5.74, 6) is 1.60. The molecule has 6 nitrogen and oxygen atoms in total. The van der Waals surface area contributed by atoms with Crippen LogP contribution in [-0.4, -0.2) is 45.5 Å². The summed E-state index contributed by atoms with van der Waals surface area (Å²) in [6.07, 6.45) is 2.59. The molecule has 0 bridgehead atoms. The monoisotopic (exact) mass is 371 g/mol. The Bertz CT molecular complexity index is 1080. The topological polar surface area (TPSA) is 64.9 Å². The van der Waals surface area contributed by atoms with Gasteiger partial charge in [0.25, 0.3) is 0 Å². The molecular weight excluding hydrogens is 350 g/mol. The lowest BCUT2D eigenvalue weighted by molar-refractivity contribution is 0.0277. The molecule has 0 aliphatic carbocycles. The summed E-state index contributed by atoms with van der Waals surface area (Å²) >= 11 is 0. The van der Waals surface area contributed by atoms with Crippen LogP contribution in [0.2, 0.25) is 0 Å². The molecule has 1 fully saturated rings. The molecule has 1 atom stereocenters. The first-order valence-corrected chi connectivity index (χ1v) is 9.56. The molecule has 4 aromatic rings. The van der Waals surface area contributed by atoms with Gasteiger partial charge in [-0.25, -0.2) is 9.67 Å². The molecule has 0 radical (unpaired) electrons. The zero-order chi connectivity index (χ0) is 18.8. The largest absolute Gasteiger partial charge is 0.375 e. The van der Waals surface area contributed by atoms with Gasteiger partial charge in [-0.15, -0.1) is 5.10 Å². The average Bonchev–Trinajstić information content (AvgIpc) is 3.18. The van der Waals surface area contributed by atoms with Crippen LogP contribution in [0.5, 0.6) is 0 Å². The van der Waals surface area contributed by atoms with Crippen molar-refractivity contribution in [1.29, 1.82) is 0 Å². The third-order valence-corrected chi connectivity index (χ3v) is 4.96. The highest BCUT2D eigenvalue weighted by atomic mass is 16.5. The Balaban J connectivity index is 1.63. The summed E-state index contributed by atoms with van der Waals surface area (Å²) in [6, 6.07) is 20.2. The smallest absolute Gasteiger partial charge is 0.181 e. The summed E-state index contributed by atoms with van der Waals surface area (Å²) in [5.41, 5.74) is 2.85. The lowest BCUT2D eigenvalue weighted by atomic mass is 10.1. The van der Waals surface area contributed by atoms with E-state index in [4.69, 9.17) is 14.8 Å². The number of morpholine rings is 1. The van der Waals surface area contributed by atoms with Crippen LogP contribution in [0.4, 0.5) is 0 Å². The van der Waals surface area contributed by atoms with Crippen molar-refractivity contribution in [3.8, 4) is 17.1 Å². The summed E-state index contributed by atoms with van der Waals surface area (Å²) in [6.45, 7) is 2.44. The molecule has 2 aromatic carbocycles. The van der Waals surface area contributed by atoms with Crippen molar-refractivity contribution in [1.82, 2.24) is 25.1 Å². The molecule has 0 spiro atoms. The molecule has 0 amide bonds. The highest BCUT2D eigenvalue weighted by Gasteiger charge is 2.21. The minimum atomic E-state index is 0.0864. The molecule has 3 heterocycles. The SMILES string of the molecule is c1ccc(-c2nc(C[C@H]3CNCCO3)n(-c3cccc4cccnc34)n2)cc1. The number of nitrogens with zero attached hydrogens (tertiary/aromatic N) is 4. The van der Waals surface area contributed by atoms with E-state index in [1.807, 2.05) is 59.4 Å². The van der Waals surface area contributed by atoms with Crippen molar-refractivity contribution >= 4 is 10.9 Å². The van der Waals surface area contributed by atoms with Crippen LogP contribution in [0.15, 0.2) is 66.9 Å². The van der Waals surface area contributed by atoms with E-state index >= 15 is 0 Å². The maximum absolute atomic E-state index is 5.92. The zero-order valence-corrected chi connectivity index (χ0v) is 15.5. The zero-order valence-electron chi connectivity index (χ0n) is 15.5. The van der Waals surface area contributed by atoms with E-state index in [2.05, 4.69) is 22.4 Å². The van der Waals surface area contributed by atoms with Gasteiger partial charge in [-0.1, -0.05) is 48.5 Å². The molecule has 140 valence electrons. The van der Waals surface area contributed by atoms with E-state index in [1.165, 1.54) is 0 Å². The van der Waals surface area contributed by atoms with Crippen LogP contribution in [-0.2, 0) is 11.2 Å². The molecule has 6 heteroatoms. The van der Waals surface area contributed by atoms with Gasteiger partial charge < -0.3 is 10.1 Å². The minimum Gasteiger partial charge on any atom is -0.375 e. The Morgan fingerprint density at radius 3 is 2.79 bits per heavy atom. The van der Waals surface area contributed by atoms with E-state index in [0.29, 0.717) is 12.2 Å². The number of hydrogen-bond acceptors (Lipinski definition) is 5. The maximum atomic E-state index is 5.92. The number of pyridine rings is 1. The van der Waals surface area contributed by atoms with Crippen molar-refractivity contribution in [2.45, 2.75) is 12.5 Å². The molecule has 1 aliphatic heterocycles. The number of benzene rings is 2. The Kier molecular flexibility index (Phi) is 4.56. The summed E-state index contributed by atoms with van der Waals surface area (Å²) < 4.78 is 7.84. The van der Waals surface area contributed by atoms with Gasteiger partial charge in [0, 0.05) is 36.7 Å². The fraction of sp³-hybridized carbons (Fsp3) is 0.227. The normalized spacial score (nSPS) is 17.1. The summed E-state index contributed by atoms with van der Waals surface area (Å²) in [7, 11) is 0. The Hall–Kier alpha value is -3.09. The number of nitrogens with one attached hydrogen (secondary N) is 1. The number of rotatable bonds is 4. The van der Waals surface area contributed by atoms with Crippen molar-refractivity contribution in [3.05, 3.63) is 72.7 Å². The maximum Gasteiger partial charge on any atom is 0.181 e. The third-order valence-electron chi connectivity index (χ3n) is 4.96. The van der Waals surface area contributed by atoms with Gasteiger partial charge in [0.1, 0.15) is 5.82 Å². The van der Waals surface area contributed by atoms with Crippen LogP contribution in [0, 0.1) is 0 Å². The molecule has 1 N–H and O–H groups in total. The van der Waals surface area contributed by atoms with Gasteiger partial charge >= 0.3 is 0 Å². The second-order valence-corrected chi connectivity index (χ2v) is 6.88. The quantitative estimate of drug-likeness (QED) is 0.597. The van der Waals surface area contributed by atoms with Crippen molar-refractivity contribution < 1.29 is 4.74 Å². The van der Waals surface area contributed by atoms with E-state index in [1.54, 1.807) is 0 Å². The van der Waals surface area contributed by atoms with E-state index in [9.17, 15) is 0 Å². The van der Waals surface area contributed by atoms with Gasteiger partial charge in [-0.2, -0.15) is 0 Å². The first-order chi connectivity index (χ1) is 13.9. The van der Waals surface area contributed by atoms with E-state index in [0.717, 1.165) is 47.7 Å². The van der Waals surface area contributed by atoms with Crippen LogP contribution < -0.4 is 5.32 Å². The van der Waals surface area contributed by atoms with Crippen molar-refractivity contribution in [3.63, 3.8) is 0 Å². The van der Waals surface area contributed by atoms with Crippen molar-refractivity contribution in [2.75, 3.05) is 19.7 Å². The summed E-state index contributed by atoms with van der Waals surface area (Å²) in [4.78, 5) is 9.47. The van der Waals surface area contributed by atoms with E-state index in [-0.39, 0.29) is 6.10 Å². The van der Waals surface area contributed by atoms with E-state index < -0.39 is 0 Å². The molecule has 5 rings (SSSR count). The van der Waals surface area contributed by atoms with Gasteiger partial charge in [-0.3, -0.25) is 4.98 Å². The minimum absolute atomic E-state index is 0.0864. The Labute approximate surface area is 163 Å². The lowest BCUT2D eigenvalue weighted by Gasteiger charge is -2.23. The fourth-order valence-electron chi connectivity index (χ4n) is 3.59. The van der Waals surface area contributed by atoms with Crippen molar-refractivity contribution in [2.24, 2.45) is 0 Å².